The Labute approximate surface area is 164 Å². The summed E-state index contributed by atoms with van der Waals surface area (Å²) in [6.07, 6.45) is 1.70. The number of phenolic OH excluding ortho intramolecular Hbond substituents is 1. The van der Waals surface area contributed by atoms with Gasteiger partial charge in [0.25, 0.3) is 11.1 Å². The highest BCUT2D eigenvalue weighted by atomic mass is 32.2. The molecule has 0 unspecified atom stereocenters. The first-order valence-electron chi connectivity index (χ1n) is 8.86. The Morgan fingerprint density at radius 1 is 0.926 bits per heavy atom. The van der Waals surface area contributed by atoms with Crippen LogP contribution in [-0.2, 0) is 10.8 Å². The predicted octanol–water partition coefficient (Wildman–Crippen LogP) is 5.58. The highest BCUT2D eigenvalue weighted by molar-refractivity contribution is 7.99. The topological polar surface area (TPSA) is 72.0 Å². The molecule has 0 fully saturated rings. The van der Waals surface area contributed by atoms with E-state index in [0.717, 1.165) is 16.0 Å². The van der Waals surface area contributed by atoms with Crippen LogP contribution in [0.2, 0.25) is 0 Å². The summed E-state index contributed by atoms with van der Waals surface area (Å²) in [5.41, 5.74) is 2.45. The summed E-state index contributed by atoms with van der Waals surface area (Å²) in [5.74, 6) is 0.667. The summed E-state index contributed by atoms with van der Waals surface area (Å²) in [4.78, 5) is 5.30. The van der Waals surface area contributed by atoms with Crippen molar-refractivity contribution < 1.29 is 9.52 Å². The van der Waals surface area contributed by atoms with E-state index in [9.17, 15) is 5.11 Å². The Hall–Kier alpha value is -2.34. The van der Waals surface area contributed by atoms with Gasteiger partial charge in [0.2, 0.25) is 0 Å². The second-order valence-corrected chi connectivity index (χ2v) is 9.52. The van der Waals surface area contributed by atoms with Crippen LogP contribution in [0.1, 0.15) is 52.7 Å². The Balaban J connectivity index is 2.07. The lowest BCUT2D eigenvalue weighted by Crippen LogP contribution is -2.18. The van der Waals surface area contributed by atoms with Crippen molar-refractivity contribution in [2.24, 2.45) is 0 Å². The fraction of sp³-hybridized carbons (Fsp3) is 0.381. The zero-order chi connectivity index (χ0) is 19.8. The van der Waals surface area contributed by atoms with E-state index < -0.39 is 0 Å². The van der Waals surface area contributed by atoms with E-state index in [1.165, 1.54) is 11.8 Å². The molecular formula is C21H25N3O2S. The summed E-state index contributed by atoms with van der Waals surface area (Å²) >= 11 is 1.44. The summed E-state index contributed by atoms with van der Waals surface area (Å²) in [6.45, 7) is 12.8. The highest BCUT2D eigenvalue weighted by Gasteiger charge is 2.28. The molecule has 2 heterocycles. The molecule has 0 aliphatic carbocycles. The third kappa shape index (κ3) is 4.33. The van der Waals surface area contributed by atoms with Gasteiger partial charge < -0.3 is 9.52 Å². The molecule has 5 nitrogen and oxygen atoms in total. The Morgan fingerprint density at radius 3 is 2.07 bits per heavy atom. The van der Waals surface area contributed by atoms with Crippen molar-refractivity contribution in [3.63, 3.8) is 0 Å². The molecule has 0 amide bonds. The monoisotopic (exact) mass is 383 g/mol. The zero-order valence-electron chi connectivity index (χ0n) is 16.6. The van der Waals surface area contributed by atoms with Crippen molar-refractivity contribution in [2.75, 3.05) is 0 Å². The molecule has 2 aromatic heterocycles. The van der Waals surface area contributed by atoms with Crippen molar-refractivity contribution >= 4 is 11.8 Å². The molecule has 6 heteroatoms. The van der Waals surface area contributed by atoms with Crippen molar-refractivity contribution in [2.45, 2.75) is 62.5 Å². The molecule has 3 aromatic rings. The average Bonchev–Trinajstić information content (AvgIpc) is 3.03. The lowest BCUT2D eigenvalue weighted by Gasteiger charge is -2.29. The van der Waals surface area contributed by atoms with Crippen LogP contribution in [0, 0.1) is 0 Å². The molecule has 0 radical (unpaired) electrons. The van der Waals surface area contributed by atoms with Crippen LogP contribution in [0.25, 0.3) is 11.6 Å². The second-order valence-electron chi connectivity index (χ2n) is 8.56. The standard InChI is InChI=1S/C21H25N3O2S/c1-20(2,3)14-11-13(25)12-15(21(4,5)6)17(14)27-19-24-23-18(26-19)16-9-7-8-10-22-16/h7-12,25H,1-6H3. The fourth-order valence-corrected chi connectivity index (χ4v) is 4.10. The lowest BCUT2D eigenvalue weighted by molar-refractivity contribution is 0.457. The Morgan fingerprint density at radius 2 is 1.56 bits per heavy atom. The van der Waals surface area contributed by atoms with Gasteiger partial charge in [-0.15, -0.1) is 10.2 Å². The number of hydrogen-bond donors (Lipinski definition) is 1. The Kier molecular flexibility index (Phi) is 5.04. The van der Waals surface area contributed by atoms with E-state index in [1.807, 2.05) is 30.3 Å². The van der Waals surface area contributed by atoms with E-state index in [0.29, 0.717) is 16.8 Å². The smallest absolute Gasteiger partial charge is 0.281 e. The maximum Gasteiger partial charge on any atom is 0.281 e. The zero-order valence-corrected chi connectivity index (χ0v) is 17.4. The van der Waals surface area contributed by atoms with Gasteiger partial charge in [0.15, 0.2) is 0 Å². The third-order valence-corrected chi connectivity index (χ3v) is 5.15. The van der Waals surface area contributed by atoms with Crippen LogP contribution in [0.5, 0.6) is 5.75 Å². The molecule has 0 aliphatic heterocycles. The number of aromatic nitrogens is 3. The van der Waals surface area contributed by atoms with E-state index >= 15 is 0 Å². The van der Waals surface area contributed by atoms with Gasteiger partial charge in [0.05, 0.1) is 0 Å². The SMILES string of the molecule is CC(C)(C)c1cc(O)cc(C(C)(C)C)c1Sc1nnc(-c2ccccn2)o1. The number of benzene rings is 1. The first-order chi connectivity index (χ1) is 12.6. The van der Waals surface area contributed by atoms with Crippen LogP contribution < -0.4 is 0 Å². The summed E-state index contributed by atoms with van der Waals surface area (Å²) in [5, 5.41) is 19.1. The normalized spacial score (nSPS) is 12.4. The van der Waals surface area contributed by atoms with Crippen LogP contribution >= 0.6 is 11.8 Å². The Bertz CT molecular complexity index is 903. The molecule has 1 N–H and O–H groups in total. The molecule has 0 saturated heterocycles. The average molecular weight is 384 g/mol. The maximum atomic E-state index is 10.3. The van der Waals surface area contributed by atoms with Crippen molar-refractivity contribution in [1.82, 2.24) is 15.2 Å². The largest absolute Gasteiger partial charge is 0.508 e. The maximum absolute atomic E-state index is 10.3. The highest BCUT2D eigenvalue weighted by Crippen LogP contribution is 2.44. The summed E-state index contributed by atoms with van der Waals surface area (Å²) in [7, 11) is 0. The molecule has 27 heavy (non-hydrogen) atoms. The number of nitrogens with zero attached hydrogens (tertiary/aromatic N) is 3. The molecule has 0 bridgehead atoms. The number of aromatic hydroxyl groups is 1. The predicted molar refractivity (Wildman–Crippen MR) is 107 cm³/mol. The summed E-state index contributed by atoms with van der Waals surface area (Å²) < 4.78 is 5.85. The van der Waals surface area contributed by atoms with Crippen LogP contribution in [0.3, 0.4) is 0 Å². The summed E-state index contributed by atoms with van der Waals surface area (Å²) in [6, 6.07) is 9.22. The number of phenols is 1. The number of rotatable bonds is 3. The van der Waals surface area contributed by atoms with Crippen LogP contribution in [0.15, 0.2) is 51.1 Å². The van der Waals surface area contributed by atoms with Gasteiger partial charge in [-0.05, 0) is 58.0 Å². The molecule has 0 spiro atoms. The van der Waals surface area contributed by atoms with Gasteiger partial charge >= 0.3 is 0 Å². The van der Waals surface area contributed by atoms with E-state index in [1.54, 1.807) is 6.20 Å². The molecule has 0 saturated carbocycles. The minimum atomic E-state index is -0.148. The second kappa shape index (κ2) is 7.00. The molecule has 0 aliphatic rings. The number of hydrogen-bond acceptors (Lipinski definition) is 6. The number of pyridine rings is 1. The van der Waals surface area contributed by atoms with Gasteiger partial charge in [0, 0.05) is 11.1 Å². The van der Waals surface area contributed by atoms with Gasteiger partial charge in [-0.1, -0.05) is 47.6 Å². The van der Waals surface area contributed by atoms with E-state index in [-0.39, 0.29) is 16.6 Å². The van der Waals surface area contributed by atoms with Crippen molar-refractivity contribution in [3.8, 4) is 17.3 Å². The third-order valence-electron chi connectivity index (χ3n) is 4.17. The fourth-order valence-electron chi connectivity index (χ4n) is 2.77. The first kappa shape index (κ1) is 19.4. The van der Waals surface area contributed by atoms with E-state index in [4.69, 9.17) is 4.42 Å². The molecular weight excluding hydrogens is 358 g/mol. The van der Waals surface area contributed by atoms with Crippen molar-refractivity contribution in [3.05, 3.63) is 47.7 Å². The van der Waals surface area contributed by atoms with Crippen LogP contribution in [0.4, 0.5) is 0 Å². The lowest BCUT2D eigenvalue weighted by atomic mass is 9.80. The van der Waals surface area contributed by atoms with Gasteiger partial charge in [-0.2, -0.15) is 0 Å². The minimum absolute atomic E-state index is 0.148. The van der Waals surface area contributed by atoms with Gasteiger partial charge in [-0.3, -0.25) is 4.98 Å². The van der Waals surface area contributed by atoms with E-state index in [2.05, 4.69) is 56.7 Å². The van der Waals surface area contributed by atoms with Crippen molar-refractivity contribution in [1.29, 1.82) is 0 Å². The molecule has 3 rings (SSSR count). The minimum Gasteiger partial charge on any atom is -0.508 e. The quantitative estimate of drug-likeness (QED) is 0.636. The van der Waals surface area contributed by atoms with Gasteiger partial charge in [-0.25, -0.2) is 0 Å². The van der Waals surface area contributed by atoms with Gasteiger partial charge in [0.1, 0.15) is 11.4 Å². The molecule has 142 valence electrons. The molecule has 0 atom stereocenters. The first-order valence-corrected chi connectivity index (χ1v) is 9.68. The van der Waals surface area contributed by atoms with Crippen LogP contribution in [-0.4, -0.2) is 20.3 Å². The molecule has 1 aromatic carbocycles.